The van der Waals surface area contributed by atoms with Crippen LogP contribution in [0, 0.1) is 0 Å². The van der Waals surface area contributed by atoms with Crippen molar-refractivity contribution in [3.05, 3.63) is 104 Å². The Balaban J connectivity index is 1.87. The maximum Gasteiger partial charge on any atom is 0.243 e. The van der Waals surface area contributed by atoms with E-state index < -0.39 is 6.04 Å². The van der Waals surface area contributed by atoms with Gasteiger partial charge in [0, 0.05) is 39.3 Å². The molecule has 8 heteroatoms. The minimum absolute atomic E-state index is 0.00662. The number of nitrogens with zero attached hydrogens (tertiary/aromatic N) is 1. The van der Waals surface area contributed by atoms with E-state index in [1.54, 1.807) is 23.1 Å². The van der Waals surface area contributed by atoms with Gasteiger partial charge in [0.15, 0.2) is 0 Å². The molecule has 0 saturated heterocycles. The molecule has 37 heavy (non-hydrogen) atoms. The number of carbonyl (C=O) groups is 2. The molecule has 3 rings (SSSR count). The lowest BCUT2D eigenvalue weighted by atomic mass is 10.0. The summed E-state index contributed by atoms with van der Waals surface area (Å²) in [5.41, 5.74) is 2.75. The molecule has 2 atom stereocenters. The van der Waals surface area contributed by atoms with Gasteiger partial charge in [0.25, 0.3) is 0 Å². The predicted octanol–water partition coefficient (Wildman–Crippen LogP) is 7.54. The second-order valence-electron chi connectivity index (χ2n) is 8.86. The standard InChI is InChI=1S/C29H31BrCl2N2O2S/c1-3-20(2)33-29(36)27(16-21-8-5-4-6-9-21)34(17-22-12-14-23(30)15-13-22)28(35)19-37-18-24-25(31)10-7-11-26(24)32/h4-15,20,27H,3,16-19H2,1-2H3,(H,33,36). The van der Waals surface area contributed by atoms with Gasteiger partial charge in [0.2, 0.25) is 11.8 Å². The normalized spacial score (nSPS) is 12.6. The van der Waals surface area contributed by atoms with Crippen LogP contribution in [0.25, 0.3) is 0 Å². The molecule has 0 heterocycles. The van der Waals surface area contributed by atoms with Gasteiger partial charge in [-0.25, -0.2) is 0 Å². The van der Waals surface area contributed by atoms with E-state index in [0.717, 1.165) is 27.6 Å². The fourth-order valence-electron chi connectivity index (χ4n) is 3.78. The highest BCUT2D eigenvalue weighted by atomic mass is 79.9. The third-order valence-electron chi connectivity index (χ3n) is 6.07. The Hall–Kier alpha value is -1.99. The number of hydrogen-bond donors (Lipinski definition) is 1. The maximum atomic E-state index is 13.7. The third kappa shape index (κ3) is 9.06. The maximum absolute atomic E-state index is 13.7. The van der Waals surface area contributed by atoms with E-state index in [1.165, 1.54) is 11.8 Å². The fraction of sp³-hybridized carbons (Fsp3) is 0.310. The molecule has 3 aromatic rings. The number of halogens is 3. The summed E-state index contributed by atoms with van der Waals surface area (Å²) in [6.45, 7) is 4.32. The van der Waals surface area contributed by atoms with Crippen molar-refractivity contribution >= 4 is 62.7 Å². The van der Waals surface area contributed by atoms with E-state index in [2.05, 4.69) is 21.2 Å². The van der Waals surface area contributed by atoms with Crippen molar-refractivity contribution in [2.24, 2.45) is 0 Å². The van der Waals surface area contributed by atoms with E-state index in [9.17, 15) is 9.59 Å². The number of nitrogens with one attached hydrogen (secondary N) is 1. The first-order valence-corrected chi connectivity index (χ1v) is 14.9. The molecular weight excluding hydrogens is 591 g/mol. The SMILES string of the molecule is CCC(C)NC(=O)C(Cc1ccccc1)N(Cc1ccc(Br)cc1)C(=O)CSCc1c(Cl)cccc1Cl. The van der Waals surface area contributed by atoms with Crippen LogP contribution in [0.3, 0.4) is 0 Å². The molecule has 0 aliphatic carbocycles. The van der Waals surface area contributed by atoms with Crippen molar-refractivity contribution in [3.8, 4) is 0 Å². The van der Waals surface area contributed by atoms with Crippen molar-refractivity contribution in [3.63, 3.8) is 0 Å². The van der Waals surface area contributed by atoms with Crippen LogP contribution in [-0.2, 0) is 28.3 Å². The summed E-state index contributed by atoms with van der Waals surface area (Å²) in [6, 6.07) is 22.4. The molecule has 0 aromatic heterocycles. The van der Waals surface area contributed by atoms with E-state index in [-0.39, 0.29) is 23.6 Å². The quantitative estimate of drug-likeness (QED) is 0.227. The number of carbonyl (C=O) groups excluding carboxylic acids is 2. The molecule has 0 spiro atoms. The highest BCUT2D eigenvalue weighted by Crippen LogP contribution is 2.28. The Labute approximate surface area is 242 Å². The number of thioether (sulfide) groups is 1. The van der Waals surface area contributed by atoms with Gasteiger partial charge in [0.05, 0.1) is 5.75 Å². The smallest absolute Gasteiger partial charge is 0.243 e. The second kappa shape index (κ2) is 14.8. The lowest BCUT2D eigenvalue weighted by Crippen LogP contribution is -2.52. The van der Waals surface area contributed by atoms with Crippen molar-refractivity contribution in [1.82, 2.24) is 10.2 Å². The lowest BCUT2D eigenvalue weighted by molar-refractivity contribution is -0.139. The highest BCUT2D eigenvalue weighted by molar-refractivity contribution is 9.10. The van der Waals surface area contributed by atoms with Gasteiger partial charge in [-0.1, -0.05) is 94.6 Å². The Bertz CT molecular complexity index is 1160. The van der Waals surface area contributed by atoms with Gasteiger partial charge in [-0.05, 0) is 54.3 Å². The van der Waals surface area contributed by atoms with E-state index >= 15 is 0 Å². The van der Waals surface area contributed by atoms with Crippen LogP contribution >= 0.6 is 50.9 Å². The molecule has 1 N–H and O–H groups in total. The Morgan fingerprint density at radius 2 is 1.59 bits per heavy atom. The lowest BCUT2D eigenvalue weighted by Gasteiger charge is -2.32. The minimum Gasteiger partial charge on any atom is -0.352 e. The number of rotatable bonds is 12. The summed E-state index contributed by atoms with van der Waals surface area (Å²) in [4.78, 5) is 29.0. The van der Waals surface area contributed by atoms with E-state index in [0.29, 0.717) is 28.8 Å². The molecule has 2 unspecified atom stereocenters. The van der Waals surface area contributed by atoms with Crippen molar-refractivity contribution < 1.29 is 9.59 Å². The monoisotopic (exact) mass is 620 g/mol. The second-order valence-corrected chi connectivity index (χ2v) is 11.6. The molecule has 196 valence electrons. The average molecular weight is 622 g/mol. The zero-order valence-corrected chi connectivity index (χ0v) is 24.8. The minimum atomic E-state index is -0.656. The van der Waals surface area contributed by atoms with Gasteiger partial charge in [-0.2, -0.15) is 0 Å². The van der Waals surface area contributed by atoms with Crippen LogP contribution in [0.4, 0.5) is 0 Å². The molecule has 0 fully saturated rings. The van der Waals surface area contributed by atoms with Gasteiger partial charge in [-0.15, -0.1) is 11.8 Å². The molecule has 0 aliphatic heterocycles. The topological polar surface area (TPSA) is 49.4 Å². The molecule has 3 aromatic carbocycles. The van der Waals surface area contributed by atoms with Gasteiger partial charge in [-0.3, -0.25) is 9.59 Å². The van der Waals surface area contributed by atoms with Crippen LogP contribution in [-0.4, -0.2) is 34.6 Å². The molecule has 2 amide bonds. The van der Waals surface area contributed by atoms with Crippen LogP contribution in [0.1, 0.15) is 37.0 Å². The van der Waals surface area contributed by atoms with Crippen molar-refractivity contribution in [2.45, 2.75) is 51.1 Å². The summed E-state index contributed by atoms with van der Waals surface area (Å²) in [5, 5.41) is 4.25. The summed E-state index contributed by atoms with van der Waals surface area (Å²) >= 11 is 17.6. The first-order valence-electron chi connectivity index (χ1n) is 12.2. The molecule has 0 bridgehead atoms. The number of hydrogen-bond acceptors (Lipinski definition) is 3. The molecular formula is C29H31BrCl2N2O2S. The summed E-state index contributed by atoms with van der Waals surface area (Å²) in [6.07, 6.45) is 1.23. The van der Waals surface area contributed by atoms with Crippen molar-refractivity contribution in [1.29, 1.82) is 0 Å². The summed E-state index contributed by atoms with van der Waals surface area (Å²) in [7, 11) is 0. The zero-order chi connectivity index (χ0) is 26.8. The van der Waals surface area contributed by atoms with E-state index in [1.807, 2.05) is 68.4 Å². The molecule has 4 nitrogen and oxygen atoms in total. The molecule has 0 saturated carbocycles. The fourth-order valence-corrected chi connectivity index (χ4v) is 5.69. The Morgan fingerprint density at radius 3 is 2.22 bits per heavy atom. The van der Waals surface area contributed by atoms with Crippen LogP contribution < -0.4 is 5.32 Å². The number of amides is 2. The van der Waals surface area contributed by atoms with Crippen molar-refractivity contribution in [2.75, 3.05) is 5.75 Å². The summed E-state index contributed by atoms with van der Waals surface area (Å²) in [5.74, 6) is 0.429. The predicted molar refractivity (Wildman–Crippen MR) is 159 cm³/mol. The average Bonchev–Trinajstić information content (AvgIpc) is 2.89. The zero-order valence-electron chi connectivity index (χ0n) is 20.9. The first kappa shape index (κ1) is 29.6. The molecule has 0 aliphatic rings. The number of benzene rings is 3. The Kier molecular flexibility index (Phi) is 11.8. The largest absolute Gasteiger partial charge is 0.352 e. The van der Waals surface area contributed by atoms with Crippen LogP contribution in [0.15, 0.2) is 77.3 Å². The van der Waals surface area contributed by atoms with Gasteiger partial charge >= 0.3 is 0 Å². The van der Waals surface area contributed by atoms with Crippen LogP contribution in [0.5, 0.6) is 0 Å². The Morgan fingerprint density at radius 1 is 0.946 bits per heavy atom. The van der Waals surface area contributed by atoms with Gasteiger partial charge < -0.3 is 10.2 Å². The third-order valence-corrected chi connectivity index (χ3v) is 8.25. The van der Waals surface area contributed by atoms with Gasteiger partial charge in [0.1, 0.15) is 6.04 Å². The molecule has 0 radical (unpaired) electrons. The first-order chi connectivity index (χ1) is 17.8. The van der Waals surface area contributed by atoms with E-state index in [4.69, 9.17) is 23.2 Å². The summed E-state index contributed by atoms with van der Waals surface area (Å²) < 4.78 is 0.955. The van der Waals surface area contributed by atoms with Crippen LogP contribution in [0.2, 0.25) is 10.0 Å². The highest BCUT2D eigenvalue weighted by Gasteiger charge is 2.31.